The van der Waals surface area contributed by atoms with Crippen LogP contribution in [0.3, 0.4) is 0 Å². The number of hydrogen-bond donors (Lipinski definition) is 1. The van der Waals surface area contributed by atoms with E-state index in [1.54, 1.807) is 0 Å². The van der Waals surface area contributed by atoms with Crippen molar-refractivity contribution in [1.29, 1.82) is 0 Å². The van der Waals surface area contributed by atoms with Gasteiger partial charge in [0.05, 0.1) is 6.54 Å². The summed E-state index contributed by atoms with van der Waals surface area (Å²) in [7, 11) is 0. The third-order valence-corrected chi connectivity index (χ3v) is 4.85. The summed E-state index contributed by atoms with van der Waals surface area (Å²) >= 11 is 0. The Morgan fingerprint density at radius 3 is 2.50 bits per heavy atom. The number of nitrogens with zero attached hydrogens (tertiary/aromatic N) is 1. The number of piperidine rings is 1. The molecule has 2 fully saturated rings. The van der Waals surface area contributed by atoms with Crippen molar-refractivity contribution in [2.75, 3.05) is 19.6 Å². The van der Waals surface area contributed by atoms with E-state index in [-0.39, 0.29) is 0 Å². The van der Waals surface area contributed by atoms with Crippen molar-refractivity contribution in [3.8, 4) is 0 Å². The zero-order valence-corrected chi connectivity index (χ0v) is 12.0. The quantitative estimate of drug-likeness (QED) is 0.836. The Balaban J connectivity index is 1.69. The lowest BCUT2D eigenvalue weighted by Gasteiger charge is -2.33. The van der Waals surface area contributed by atoms with Gasteiger partial charge in [0.15, 0.2) is 0 Å². The van der Waals surface area contributed by atoms with E-state index < -0.39 is 0 Å². The molecular weight excluding hydrogens is 224 g/mol. The molecule has 1 N–H and O–H groups in total. The van der Waals surface area contributed by atoms with Crippen LogP contribution in [0.5, 0.6) is 0 Å². The van der Waals surface area contributed by atoms with E-state index >= 15 is 0 Å². The smallest absolute Gasteiger partial charge is 0.236 e. The average Bonchev–Trinajstić information content (AvgIpc) is 2.41. The fourth-order valence-electron chi connectivity index (χ4n) is 3.22. The molecule has 3 unspecified atom stereocenters. The molecule has 18 heavy (non-hydrogen) atoms. The maximum Gasteiger partial charge on any atom is 0.236 e. The maximum absolute atomic E-state index is 12.1. The van der Waals surface area contributed by atoms with Crippen LogP contribution < -0.4 is 5.32 Å². The maximum atomic E-state index is 12.1. The molecule has 104 valence electrons. The summed E-state index contributed by atoms with van der Waals surface area (Å²) in [6.07, 6.45) is 7.42. The monoisotopic (exact) mass is 252 g/mol. The topological polar surface area (TPSA) is 32.3 Å². The molecule has 3 atom stereocenters. The first kappa shape index (κ1) is 13.9. The first-order chi connectivity index (χ1) is 8.66. The van der Waals surface area contributed by atoms with Gasteiger partial charge >= 0.3 is 0 Å². The molecule has 1 saturated carbocycles. The van der Waals surface area contributed by atoms with Gasteiger partial charge in [-0.3, -0.25) is 4.79 Å². The molecule has 1 aliphatic carbocycles. The highest BCUT2D eigenvalue weighted by Crippen LogP contribution is 2.29. The molecule has 0 radical (unpaired) electrons. The molecule has 3 heteroatoms. The minimum Gasteiger partial charge on any atom is -0.342 e. The number of nitrogens with one attached hydrogen (secondary N) is 1. The van der Waals surface area contributed by atoms with Crippen molar-refractivity contribution in [3.63, 3.8) is 0 Å². The summed E-state index contributed by atoms with van der Waals surface area (Å²) < 4.78 is 0. The van der Waals surface area contributed by atoms with Gasteiger partial charge in [-0.2, -0.15) is 0 Å². The van der Waals surface area contributed by atoms with Crippen molar-refractivity contribution in [2.45, 2.75) is 58.4 Å². The minimum atomic E-state index is 0.306. The standard InChI is InChI=1S/C15H28N2O/c1-12-6-7-14(10-13(12)2)16-11-15(18)17-8-4-3-5-9-17/h12-14,16H,3-11H2,1-2H3. The molecule has 0 bridgehead atoms. The normalized spacial score (nSPS) is 33.4. The summed E-state index contributed by atoms with van der Waals surface area (Å²) in [5, 5.41) is 3.48. The van der Waals surface area contributed by atoms with Crippen molar-refractivity contribution in [3.05, 3.63) is 0 Å². The highest BCUT2D eigenvalue weighted by molar-refractivity contribution is 5.78. The van der Waals surface area contributed by atoms with Crippen molar-refractivity contribution >= 4 is 5.91 Å². The zero-order chi connectivity index (χ0) is 13.0. The number of likely N-dealkylation sites (tertiary alicyclic amines) is 1. The first-order valence-corrected chi connectivity index (χ1v) is 7.68. The van der Waals surface area contributed by atoms with E-state index in [0.717, 1.165) is 24.9 Å². The van der Waals surface area contributed by atoms with Crippen LogP contribution in [0.15, 0.2) is 0 Å². The highest BCUT2D eigenvalue weighted by atomic mass is 16.2. The van der Waals surface area contributed by atoms with Crippen LogP contribution in [0.25, 0.3) is 0 Å². The van der Waals surface area contributed by atoms with Crippen LogP contribution in [-0.4, -0.2) is 36.5 Å². The fraction of sp³-hybridized carbons (Fsp3) is 0.933. The van der Waals surface area contributed by atoms with E-state index in [1.165, 1.54) is 38.5 Å². The summed E-state index contributed by atoms with van der Waals surface area (Å²) in [6.45, 7) is 7.17. The number of amides is 1. The summed E-state index contributed by atoms with van der Waals surface area (Å²) in [6, 6.07) is 0.560. The Morgan fingerprint density at radius 2 is 1.83 bits per heavy atom. The van der Waals surface area contributed by atoms with Gasteiger partial charge in [-0.05, 0) is 50.4 Å². The number of carbonyl (C=O) groups excluding carboxylic acids is 1. The second-order valence-electron chi connectivity index (χ2n) is 6.29. The zero-order valence-electron chi connectivity index (χ0n) is 12.0. The van der Waals surface area contributed by atoms with E-state index in [2.05, 4.69) is 19.2 Å². The van der Waals surface area contributed by atoms with E-state index in [9.17, 15) is 4.79 Å². The predicted molar refractivity (Wildman–Crippen MR) is 74.4 cm³/mol. The van der Waals surface area contributed by atoms with Gasteiger partial charge in [-0.1, -0.05) is 13.8 Å². The Morgan fingerprint density at radius 1 is 1.11 bits per heavy atom. The Labute approximate surface area is 111 Å². The van der Waals surface area contributed by atoms with Crippen LogP contribution in [-0.2, 0) is 4.79 Å². The molecule has 3 nitrogen and oxygen atoms in total. The lowest BCUT2D eigenvalue weighted by atomic mass is 9.79. The molecule has 1 amide bonds. The Bertz CT molecular complexity index is 274. The second-order valence-corrected chi connectivity index (χ2v) is 6.29. The SMILES string of the molecule is CC1CCC(NCC(=O)N2CCCCC2)CC1C. The fourth-order valence-corrected chi connectivity index (χ4v) is 3.22. The van der Waals surface area contributed by atoms with Gasteiger partial charge in [-0.15, -0.1) is 0 Å². The number of rotatable bonds is 3. The van der Waals surface area contributed by atoms with Crippen molar-refractivity contribution in [1.82, 2.24) is 10.2 Å². The molecule has 2 aliphatic rings. The predicted octanol–water partition coefficient (Wildman–Crippen LogP) is 2.41. The molecule has 0 aromatic heterocycles. The third-order valence-electron chi connectivity index (χ3n) is 4.85. The summed E-state index contributed by atoms with van der Waals surface area (Å²) in [4.78, 5) is 14.1. The van der Waals surface area contributed by atoms with E-state index in [1.807, 2.05) is 4.90 Å². The molecular formula is C15H28N2O. The van der Waals surface area contributed by atoms with Gasteiger partial charge in [0, 0.05) is 19.1 Å². The molecule has 0 spiro atoms. The third kappa shape index (κ3) is 3.71. The van der Waals surface area contributed by atoms with Gasteiger partial charge in [0.2, 0.25) is 5.91 Å². The molecule has 0 aromatic carbocycles. The van der Waals surface area contributed by atoms with Gasteiger partial charge in [0.1, 0.15) is 0 Å². The highest BCUT2D eigenvalue weighted by Gasteiger charge is 2.25. The van der Waals surface area contributed by atoms with Crippen LogP contribution >= 0.6 is 0 Å². The molecule has 1 heterocycles. The van der Waals surface area contributed by atoms with Gasteiger partial charge in [0.25, 0.3) is 0 Å². The van der Waals surface area contributed by atoms with Crippen LogP contribution in [0.1, 0.15) is 52.4 Å². The summed E-state index contributed by atoms with van der Waals surface area (Å²) in [5.74, 6) is 1.95. The van der Waals surface area contributed by atoms with E-state index in [0.29, 0.717) is 18.5 Å². The molecule has 0 aromatic rings. The van der Waals surface area contributed by atoms with Crippen LogP contribution in [0.2, 0.25) is 0 Å². The summed E-state index contributed by atoms with van der Waals surface area (Å²) in [5.41, 5.74) is 0. The molecule has 2 rings (SSSR count). The van der Waals surface area contributed by atoms with Crippen LogP contribution in [0, 0.1) is 11.8 Å². The van der Waals surface area contributed by atoms with Gasteiger partial charge < -0.3 is 10.2 Å². The van der Waals surface area contributed by atoms with E-state index in [4.69, 9.17) is 0 Å². The lowest BCUT2D eigenvalue weighted by Crippen LogP contribution is -2.45. The second kappa shape index (κ2) is 6.55. The van der Waals surface area contributed by atoms with Crippen molar-refractivity contribution in [2.24, 2.45) is 11.8 Å². The Kier molecular flexibility index (Phi) is 5.04. The first-order valence-electron chi connectivity index (χ1n) is 7.68. The van der Waals surface area contributed by atoms with Crippen molar-refractivity contribution < 1.29 is 4.79 Å². The average molecular weight is 252 g/mol. The van der Waals surface area contributed by atoms with Gasteiger partial charge in [-0.25, -0.2) is 0 Å². The largest absolute Gasteiger partial charge is 0.342 e. The van der Waals surface area contributed by atoms with Crippen LogP contribution in [0.4, 0.5) is 0 Å². The molecule has 1 saturated heterocycles. The molecule has 1 aliphatic heterocycles. The Hall–Kier alpha value is -0.570. The number of carbonyl (C=O) groups is 1. The lowest BCUT2D eigenvalue weighted by molar-refractivity contribution is -0.131. The number of hydrogen-bond acceptors (Lipinski definition) is 2. The minimum absolute atomic E-state index is 0.306.